The molecule has 32 rings (SSSR count). The average molecular weight is 1790 g/mol. The molecule has 8 aliphatic rings. The zero-order valence-corrected chi connectivity index (χ0v) is 76.2. The van der Waals surface area contributed by atoms with Gasteiger partial charge in [0.1, 0.15) is 11.2 Å². The molecule has 0 bridgehead atoms. The number of para-hydroxylation sites is 18. The van der Waals surface area contributed by atoms with E-state index in [0.717, 1.165) is 11.2 Å². The first kappa shape index (κ1) is 78.8. The second-order valence-corrected chi connectivity index (χ2v) is 37.8. The van der Waals surface area contributed by atoms with Crippen LogP contribution >= 0.6 is 11.3 Å². The molecule has 3 aromatic heterocycles. The van der Waals surface area contributed by atoms with Crippen molar-refractivity contribution in [3.63, 3.8) is 0 Å². The maximum absolute atomic E-state index is 6.29. The lowest BCUT2D eigenvalue weighted by Gasteiger charge is -2.36. The Morgan fingerprint density at radius 1 is 0.180 bits per heavy atom. The van der Waals surface area contributed by atoms with Gasteiger partial charge in [-0.05, 0) is 231 Å². The maximum Gasteiger partial charge on any atom is 0.421 e. The zero-order valence-electron chi connectivity index (χ0n) is 75.4. The molecule has 139 heavy (non-hydrogen) atoms. The molecular formula is C124H81B4N9OS. The standard InChI is InChI=1S/C36H24BN3.C30H19BN2O.C30H19BN2S.C28H19BN2/c1-3-13-25(14-4-1)38-30-19-9-7-17-27(30)36-34(38)24-23-29-35(36)28-18-8-10-20-31(28)40-33-22-12-11-21-32(33)39(37(29)40)26-15-5-2-6-16-26;2*1-2-10-20(11-3-1)32-25-15-7-8-16-26(25)33-24-14-6-4-12-21(24)29-23(31(32)33)18-19-28-30(29)22-13-5-9-17-27(22)34-28;1-2-12-22(13-3-1)30-26-16-8-9-17-27(26)31-28-19-21-11-5-4-10-20(21)18-24(28)23-14-6-7-15-25(23)29(30)31/h1-24H;2*1-19H;1-19H. The summed E-state index contributed by atoms with van der Waals surface area (Å²) in [6.07, 6.45) is 0. The molecule has 646 valence electrons. The van der Waals surface area contributed by atoms with Crippen LogP contribution in [0.25, 0.3) is 125 Å². The van der Waals surface area contributed by atoms with Crippen molar-refractivity contribution < 1.29 is 4.42 Å². The molecule has 0 amide bonds. The molecule has 0 spiro atoms. The Morgan fingerprint density at radius 2 is 0.518 bits per heavy atom. The number of nitrogens with zero attached hydrogens (tertiary/aromatic N) is 9. The number of rotatable bonds is 5. The van der Waals surface area contributed by atoms with E-state index in [2.05, 4.69) is 528 Å². The molecule has 0 aliphatic carbocycles. The molecule has 0 N–H and O–H groups in total. The van der Waals surface area contributed by atoms with Gasteiger partial charge in [-0.3, -0.25) is 0 Å². The number of anilines is 16. The molecule has 10 nitrogen and oxygen atoms in total. The van der Waals surface area contributed by atoms with E-state index in [0.29, 0.717) is 0 Å². The minimum Gasteiger partial charge on any atom is -0.456 e. The number of furan rings is 1. The van der Waals surface area contributed by atoms with Gasteiger partial charge in [0, 0.05) is 115 Å². The Morgan fingerprint density at radius 3 is 1.01 bits per heavy atom. The van der Waals surface area contributed by atoms with Gasteiger partial charge in [-0.15, -0.1) is 11.3 Å². The predicted octanol–water partition coefficient (Wildman–Crippen LogP) is 29.9. The lowest BCUT2D eigenvalue weighted by Crippen LogP contribution is -2.55. The van der Waals surface area contributed by atoms with Gasteiger partial charge in [0.05, 0.1) is 56.5 Å². The van der Waals surface area contributed by atoms with Crippen LogP contribution < -0.4 is 60.3 Å². The van der Waals surface area contributed by atoms with Gasteiger partial charge < -0.3 is 47.5 Å². The van der Waals surface area contributed by atoms with Crippen molar-refractivity contribution in [1.82, 2.24) is 4.57 Å². The van der Waals surface area contributed by atoms with Crippen LogP contribution in [-0.4, -0.2) is 32.5 Å². The molecule has 0 radical (unpaired) electrons. The minimum absolute atomic E-state index is 0.00735. The lowest BCUT2D eigenvalue weighted by atomic mass is 9.59. The summed E-state index contributed by atoms with van der Waals surface area (Å²) in [5.41, 5.74) is 41.0. The summed E-state index contributed by atoms with van der Waals surface area (Å²) in [4.78, 5) is 20.0. The van der Waals surface area contributed by atoms with Crippen molar-refractivity contribution in [2.24, 2.45) is 0 Å². The smallest absolute Gasteiger partial charge is 0.421 e. The van der Waals surface area contributed by atoms with Gasteiger partial charge in [-0.2, -0.15) is 0 Å². The first-order valence-corrected chi connectivity index (χ1v) is 48.7. The lowest BCUT2D eigenvalue weighted by molar-refractivity contribution is 0.669. The summed E-state index contributed by atoms with van der Waals surface area (Å²) in [6, 6.07) is 178. The quantitative estimate of drug-likeness (QED) is 0.157. The largest absolute Gasteiger partial charge is 0.456 e. The molecule has 15 heteroatoms. The summed E-state index contributed by atoms with van der Waals surface area (Å²) in [6.45, 7) is 0.174. The monoisotopic (exact) mass is 1790 g/mol. The van der Waals surface area contributed by atoms with Gasteiger partial charge in [-0.25, -0.2) is 0 Å². The van der Waals surface area contributed by atoms with Crippen LogP contribution in [-0.2, 0) is 0 Å². The maximum atomic E-state index is 6.29. The van der Waals surface area contributed by atoms with E-state index >= 15 is 0 Å². The van der Waals surface area contributed by atoms with Crippen LogP contribution in [0.2, 0.25) is 0 Å². The topological polar surface area (TPSA) is 44.0 Å². The predicted molar refractivity (Wildman–Crippen MR) is 590 cm³/mol. The van der Waals surface area contributed by atoms with E-state index in [1.165, 1.54) is 227 Å². The molecule has 11 heterocycles. The van der Waals surface area contributed by atoms with E-state index in [1.54, 1.807) is 0 Å². The minimum atomic E-state index is 0.00735. The molecule has 21 aromatic carbocycles. The van der Waals surface area contributed by atoms with Gasteiger partial charge in [-0.1, -0.05) is 315 Å². The fraction of sp³-hybridized carbons (Fsp3) is 0. The van der Waals surface area contributed by atoms with Gasteiger partial charge in [0.15, 0.2) is 0 Å². The Labute approximate surface area is 809 Å². The van der Waals surface area contributed by atoms with E-state index in [4.69, 9.17) is 4.42 Å². The number of benzene rings is 21. The summed E-state index contributed by atoms with van der Waals surface area (Å²) < 4.78 is 11.4. The first-order valence-electron chi connectivity index (χ1n) is 47.9. The van der Waals surface area contributed by atoms with Gasteiger partial charge >= 0.3 is 27.9 Å². The fourth-order valence-electron chi connectivity index (χ4n) is 24.0. The molecule has 0 saturated carbocycles. The Kier molecular flexibility index (Phi) is 17.9. The normalized spacial score (nSPS) is 13.6. The van der Waals surface area contributed by atoms with Crippen molar-refractivity contribution in [2.45, 2.75) is 0 Å². The third kappa shape index (κ3) is 11.8. The molecule has 24 aromatic rings. The number of hydrogen-bond acceptors (Lipinski definition) is 10. The first-order chi connectivity index (χ1) is 69.1. The van der Waals surface area contributed by atoms with Crippen molar-refractivity contribution >= 4 is 227 Å². The number of thiophene rings is 1. The second-order valence-electron chi connectivity index (χ2n) is 36.7. The summed E-state index contributed by atoms with van der Waals surface area (Å²) >= 11 is 1.89. The van der Waals surface area contributed by atoms with Crippen LogP contribution in [0.3, 0.4) is 0 Å². The summed E-state index contributed by atoms with van der Waals surface area (Å²) in [5.74, 6) is 0. The van der Waals surface area contributed by atoms with Gasteiger partial charge in [0.25, 0.3) is 0 Å². The van der Waals surface area contributed by atoms with Crippen molar-refractivity contribution in [2.75, 3.05) is 38.5 Å². The van der Waals surface area contributed by atoms with E-state index in [9.17, 15) is 0 Å². The van der Waals surface area contributed by atoms with Crippen LogP contribution in [0.1, 0.15) is 0 Å². The number of hydrogen-bond donors (Lipinski definition) is 0. The van der Waals surface area contributed by atoms with Crippen molar-refractivity contribution in [3.05, 3.63) is 491 Å². The fourth-order valence-corrected chi connectivity index (χ4v) is 25.2. The third-order valence-electron chi connectivity index (χ3n) is 29.5. The average Bonchev–Trinajstić information content (AvgIpc) is 1.51. The SMILES string of the molecule is c1ccc(N2B3c4ccc5c(c4-c4ccccc4N3c3ccccc32)c2ccccc2n5-c2ccccc2)cc1.c1ccc(N2B3c4ccc5oc6ccccc6c5c4-c4ccccc4N3c3ccccc32)cc1.c1ccc(N2B3c4ccc5sc6ccccc6c5c4-c4ccccc4N3c3ccccc32)cc1.c1ccc(N2B3c4ccccc4-c4cc5ccccc5cc4N3c3ccccc32)cc1. The van der Waals surface area contributed by atoms with Crippen molar-refractivity contribution in [1.29, 1.82) is 0 Å². The zero-order chi connectivity index (χ0) is 91.0. The molecule has 0 fully saturated rings. The van der Waals surface area contributed by atoms with E-state index in [-0.39, 0.29) is 27.9 Å². The molecule has 0 saturated heterocycles. The summed E-state index contributed by atoms with van der Waals surface area (Å²) in [7, 11) is 0. The van der Waals surface area contributed by atoms with E-state index < -0.39 is 0 Å². The van der Waals surface area contributed by atoms with Crippen LogP contribution in [0, 0.1) is 0 Å². The second kappa shape index (κ2) is 31.5. The highest BCUT2D eigenvalue weighted by Crippen LogP contribution is 2.59. The number of aromatic nitrogens is 1. The molecule has 0 unspecified atom stereocenters. The van der Waals surface area contributed by atoms with E-state index in [1.807, 2.05) is 17.4 Å². The Hall–Kier alpha value is -17.6. The number of fused-ring (bicyclic) bond motifs is 45. The summed E-state index contributed by atoms with van der Waals surface area (Å²) in [5, 5.41) is 10.2. The van der Waals surface area contributed by atoms with Crippen LogP contribution in [0.4, 0.5) is 91.0 Å². The third-order valence-corrected chi connectivity index (χ3v) is 30.7. The highest BCUT2D eigenvalue weighted by molar-refractivity contribution is 7.26. The highest BCUT2D eigenvalue weighted by Gasteiger charge is 2.53. The van der Waals surface area contributed by atoms with Crippen LogP contribution in [0.15, 0.2) is 496 Å². The van der Waals surface area contributed by atoms with Crippen molar-refractivity contribution in [3.8, 4) is 50.2 Å². The highest BCUT2D eigenvalue weighted by atomic mass is 32.1. The van der Waals surface area contributed by atoms with Gasteiger partial charge in [0.2, 0.25) is 0 Å². The Balaban J connectivity index is 0.0000000895. The molecular weight excluding hydrogens is 1710 g/mol. The molecule has 0 atom stereocenters. The van der Waals surface area contributed by atoms with Crippen LogP contribution in [0.5, 0.6) is 0 Å². The molecule has 8 aliphatic heterocycles. The Bertz CT molecular complexity index is 8780.